The zero-order valence-electron chi connectivity index (χ0n) is 9.45. The van der Waals surface area contributed by atoms with E-state index < -0.39 is 0 Å². The number of hydrogen-bond acceptors (Lipinski definition) is 3. The number of rotatable bonds is 4. The Balaban J connectivity index is 2.21. The maximum atomic E-state index is 11.3. The van der Waals surface area contributed by atoms with Gasteiger partial charge in [-0.1, -0.05) is 0 Å². The average Bonchev–Trinajstić information content (AvgIpc) is 2.42. The first kappa shape index (κ1) is 11.8. The van der Waals surface area contributed by atoms with Crippen LogP contribution in [0.25, 0.3) is 0 Å². The first-order valence-electron chi connectivity index (χ1n) is 5.20. The largest absolute Gasteiger partial charge is 0.444 e. The van der Waals surface area contributed by atoms with Gasteiger partial charge in [0.05, 0.1) is 6.54 Å². The Morgan fingerprint density at radius 1 is 1.67 bits per heavy atom. The molecule has 0 saturated carbocycles. The molecule has 15 heavy (non-hydrogen) atoms. The third-order valence-electron chi connectivity index (χ3n) is 2.20. The minimum Gasteiger partial charge on any atom is -0.444 e. The fourth-order valence-electron chi connectivity index (χ4n) is 1.49. The van der Waals surface area contributed by atoms with Gasteiger partial charge in [0, 0.05) is 19.5 Å². The molecule has 0 spiro atoms. The monoisotopic (exact) mass is 214 g/mol. The van der Waals surface area contributed by atoms with E-state index in [1.165, 1.54) is 4.90 Å². The Morgan fingerprint density at radius 2 is 2.33 bits per heavy atom. The molecule has 1 N–H and O–H groups in total. The number of hydrogen-bond donors (Lipinski definition) is 1. The van der Waals surface area contributed by atoms with E-state index in [1.54, 1.807) is 7.05 Å². The molecule has 2 amide bonds. The van der Waals surface area contributed by atoms with Crippen LogP contribution in [0.2, 0.25) is 0 Å². The van der Waals surface area contributed by atoms with Gasteiger partial charge in [-0.15, -0.1) is 0 Å². The zero-order valence-corrected chi connectivity index (χ0v) is 9.45. The summed E-state index contributed by atoms with van der Waals surface area (Å²) in [5.41, 5.74) is 0. The number of nitrogens with zero attached hydrogens (tertiary/aromatic N) is 1. The van der Waals surface area contributed by atoms with Crippen LogP contribution in [0.4, 0.5) is 4.79 Å². The Hall–Kier alpha value is -1.26. The maximum Gasteiger partial charge on any atom is 0.409 e. The molecule has 0 radical (unpaired) electrons. The van der Waals surface area contributed by atoms with Crippen LogP contribution in [-0.4, -0.2) is 42.6 Å². The lowest BCUT2D eigenvalue weighted by Gasteiger charge is -2.10. The molecule has 1 unspecified atom stereocenters. The predicted molar refractivity (Wildman–Crippen MR) is 55.4 cm³/mol. The Bertz CT molecular complexity index is 253. The first-order valence-corrected chi connectivity index (χ1v) is 5.20. The quantitative estimate of drug-likeness (QED) is 0.751. The van der Waals surface area contributed by atoms with Gasteiger partial charge in [0.25, 0.3) is 0 Å². The Morgan fingerprint density at radius 3 is 2.80 bits per heavy atom. The molecular formula is C10H18N2O3. The van der Waals surface area contributed by atoms with Crippen LogP contribution in [0.5, 0.6) is 0 Å². The van der Waals surface area contributed by atoms with Crippen molar-refractivity contribution in [3.63, 3.8) is 0 Å². The number of cyclic esters (lactones) is 1. The standard InChI is InChI=1S/C10H18N2O3/c1-7(2)11-9(13)5-4-8-6-12(3)10(14)15-8/h7-8H,4-6H2,1-3H3,(H,11,13). The van der Waals surface area contributed by atoms with Crippen molar-refractivity contribution in [2.45, 2.75) is 38.8 Å². The van der Waals surface area contributed by atoms with Crippen LogP contribution in [0, 0.1) is 0 Å². The van der Waals surface area contributed by atoms with Crippen molar-refractivity contribution in [2.24, 2.45) is 0 Å². The van der Waals surface area contributed by atoms with Crippen molar-refractivity contribution in [3.8, 4) is 0 Å². The highest BCUT2D eigenvalue weighted by Crippen LogP contribution is 2.13. The minimum atomic E-state index is -0.302. The van der Waals surface area contributed by atoms with Crippen LogP contribution >= 0.6 is 0 Å². The van der Waals surface area contributed by atoms with E-state index >= 15 is 0 Å². The van der Waals surface area contributed by atoms with Gasteiger partial charge in [0.15, 0.2) is 0 Å². The highest BCUT2D eigenvalue weighted by atomic mass is 16.6. The molecule has 5 heteroatoms. The summed E-state index contributed by atoms with van der Waals surface area (Å²) in [6.45, 7) is 4.41. The summed E-state index contributed by atoms with van der Waals surface area (Å²) < 4.78 is 5.04. The van der Waals surface area contributed by atoms with E-state index in [1.807, 2.05) is 13.8 Å². The molecule has 0 bridgehead atoms. The Kier molecular flexibility index (Phi) is 3.94. The summed E-state index contributed by atoms with van der Waals surface area (Å²) in [6.07, 6.45) is 0.558. The van der Waals surface area contributed by atoms with Gasteiger partial charge >= 0.3 is 6.09 Å². The van der Waals surface area contributed by atoms with Gasteiger partial charge in [0.2, 0.25) is 5.91 Å². The molecule has 1 saturated heterocycles. The molecule has 1 aliphatic heterocycles. The predicted octanol–water partition coefficient (Wildman–Crippen LogP) is 0.742. The smallest absolute Gasteiger partial charge is 0.409 e. The second kappa shape index (κ2) is 5.00. The molecule has 1 aliphatic rings. The van der Waals surface area contributed by atoms with Gasteiger partial charge in [0.1, 0.15) is 6.10 Å². The van der Waals surface area contributed by atoms with Crippen LogP contribution in [0.15, 0.2) is 0 Å². The third kappa shape index (κ3) is 3.77. The molecular weight excluding hydrogens is 196 g/mol. The summed E-state index contributed by atoms with van der Waals surface area (Å²) in [5, 5.41) is 2.80. The fraction of sp³-hybridized carbons (Fsp3) is 0.800. The molecule has 0 aromatic carbocycles. The Labute approximate surface area is 89.8 Å². The number of amides is 2. The van der Waals surface area contributed by atoms with E-state index in [-0.39, 0.29) is 24.1 Å². The van der Waals surface area contributed by atoms with Crippen molar-refractivity contribution in [3.05, 3.63) is 0 Å². The topological polar surface area (TPSA) is 58.6 Å². The van der Waals surface area contributed by atoms with E-state index in [4.69, 9.17) is 4.74 Å². The summed E-state index contributed by atoms with van der Waals surface area (Å²) in [7, 11) is 1.69. The first-order chi connectivity index (χ1) is 6.99. The van der Waals surface area contributed by atoms with Gasteiger partial charge in [-0.3, -0.25) is 4.79 Å². The third-order valence-corrected chi connectivity index (χ3v) is 2.20. The molecule has 1 fully saturated rings. The number of nitrogens with one attached hydrogen (secondary N) is 1. The van der Waals surface area contributed by atoms with Gasteiger partial charge in [-0.05, 0) is 20.3 Å². The van der Waals surface area contributed by atoms with Crippen molar-refractivity contribution < 1.29 is 14.3 Å². The number of likely N-dealkylation sites (N-methyl/N-ethyl adjacent to an activating group) is 1. The minimum absolute atomic E-state index is 0.00982. The second-order valence-electron chi connectivity index (χ2n) is 4.15. The SMILES string of the molecule is CC(C)NC(=O)CCC1CN(C)C(=O)O1. The van der Waals surface area contributed by atoms with Crippen LogP contribution in [0.1, 0.15) is 26.7 Å². The lowest BCUT2D eigenvalue weighted by atomic mass is 10.2. The van der Waals surface area contributed by atoms with Crippen molar-refractivity contribution in [2.75, 3.05) is 13.6 Å². The number of carbonyl (C=O) groups is 2. The average molecular weight is 214 g/mol. The van der Waals surface area contributed by atoms with Gasteiger partial charge < -0.3 is 15.0 Å². The molecule has 0 aromatic rings. The molecule has 0 aliphatic carbocycles. The van der Waals surface area contributed by atoms with E-state index in [9.17, 15) is 9.59 Å². The van der Waals surface area contributed by atoms with E-state index in [0.717, 1.165) is 0 Å². The van der Waals surface area contributed by atoms with Crippen LogP contribution < -0.4 is 5.32 Å². The van der Waals surface area contributed by atoms with E-state index in [2.05, 4.69) is 5.32 Å². The molecule has 1 rings (SSSR count). The van der Waals surface area contributed by atoms with Gasteiger partial charge in [-0.25, -0.2) is 4.79 Å². The second-order valence-corrected chi connectivity index (χ2v) is 4.15. The summed E-state index contributed by atoms with van der Waals surface area (Å²) in [4.78, 5) is 23.8. The van der Waals surface area contributed by atoms with Crippen LogP contribution in [-0.2, 0) is 9.53 Å². The highest BCUT2D eigenvalue weighted by Gasteiger charge is 2.28. The molecule has 5 nitrogen and oxygen atoms in total. The van der Waals surface area contributed by atoms with Crippen molar-refractivity contribution >= 4 is 12.0 Å². The molecule has 0 aromatic heterocycles. The summed E-state index contributed by atoms with van der Waals surface area (Å²) in [6, 6.07) is 0.159. The van der Waals surface area contributed by atoms with E-state index in [0.29, 0.717) is 19.4 Å². The zero-order chi connectivity index (χ0) is 11.4. The normalized spacial score (nSPS) is 20.7. The van der Waals surface area contributed by atoms with Crippen molar-refractivity contribution in [1.82, 2.24) is 10.2 Å². The maximum absolute atomic E-state index is 11.3. The summed E-state index contributed by atoms with van der Waals surface area (Å²) in [5.74, 6) is 0.00982. The van der Waals surface area contributed by atoms with Crippen LogP contribution in [0.3, 0.4) is 0 Å². The molecule has 86 valence electrons. The van der Waals surface area contributed by atoms with Crippen molar-refractivity contribution in [1.29, 1.82) is 0 Å². The van der Waals surface area contributed by atoms with Gasteiger partial charge in [-0.2, -0.15) is 0 Å². The molecule has 1 atom stereocenters. The number of carbonyl (C=O) groups excluding carboxylic acids is 2. The lowest BCUT2D eigenvalue weighted by molar-refractivity contribution is -0.122. The summed E-state index contributed by atoms with van der Waals surface area (Å²) >= 11 is 0. The number of ether oxygens (including phenoxy) is 1. The lowest BCUT2D eigenvalue weighted by Crippen LogP contribution is -2.31. The molecule has 1 heterocycles. The highest BCUT2D eigenvalue weighted by molar-refractivity contribution is 5.76. The fourth-order valence-corrected chi connectivity index (χ4v) is 1.49.